The highest BCUT2D eigenvalue weighted by atomic mass is 32.2. The maximum absolute atomic E-state index is 14.7. The Morgan fingerprint density at radius 3 is 2.21 bits per heavy atom. The van der Waals surface area contributed by atoms with Crippen LogP contribution in [0.5, 0.6) is 0 Å². The van der Waals surface area contributed by atoms with Gasteiger partial charge in [0.2, 0.25) is 15.9 Å². The molecule has 33 heavy (non-hydrogen) atoms. The molecule has 0 aliphatic heterocycles. The zero-order valence-corrected chi connectivity index (χ0v) is 21.0. The summed E-state index contributed by atoms with van der Waals surface area (Å²) in [6, 6.07) is 7.64. The smallest absolute Gasteiger partial charge is 0.229 e. The van der Waals surface area contributed by atoms with Crippen molar-refractivity contribution in [3.05, 3.63) is 64.2 Å². The lowest BCUT2D eigenvalue weighted by atomic mass is 9.83. The summed E-state index contributed by atoms with van der Waals surface area (Å²) >= 11 is 0. The quantitative estimate of drug-likeness (QED) is 0.607. The molecular formula is C25H32F2N2O3S. The molecule has 2 unspecified atom stereocenters. The van der Waals surface area contributed by atoms with Gasteiger partial charge in [0.1, 0.15) is 11.6 Å². The van der Waals surface area contributed by atoms with Crippen LogP contribution in [-0.2, 0) is 25.6 Å². The SMILES string of the molecule is Cc1cc([C@@H](C)NC(=O)C2CC2(C)c2cc(F)c(C(C)(C)C)c(F)c2)ccc1NS(C)(=O)=O. The van der Waals surface area contributed by atoms with Crippen LogP contribution in [0.15, 0.2) is 30.3 Å². The molecule has 8 heteroatoms. The first-order valence-corrected chi connectivity index (χ1v) is 12.8. The minimum atomic E-state index is -3.38. The fourth-order valence-corrected chi connectivity index (χ4v) is 4.98. The highest BCUT2D eigenvalue weighted by Crippen LogP contribution is 2.54. The third kappa shape index (κ3) is 5.37. The molecule has 3 rings (SSSR count). The maximum Gasteiger partial charge on any atom is 0.229 e. The third-order valence-corrected chi connectivity index (χ3v) is 7.00. The molecule has 0 heterocycles. The van der Waals surface area contributed by atoms with E-state index in [0.29, 0.717) is 17.7 Å². The van der Waals surface area contributed by atoms with Crippen LogP contribution in [0.3, 0.4) is 0 Å². The third-order valence-electron chi connectivity index (χ3n) is 6.41. The highest BCUT2D eigenvalue weighted by Gasteiger charge is 2.56. The van der Waals surface area contributed by atoms with E-state index in [1.54, 1.807) is 39.8 Å². The van der Waals surface area contributed by atoms with Gasteiger partial charge in [-0.05, 0) is 60.6 Å². The van der Waals surface area contributed by atoms with Crippen LogP contribution in [0.2, 0.25) is 0 Å². The molecule has 0 radical (unpaired) electrons. The number of carbonyl (C=O) groups is 1. The van der Waals surface area contributed by atoms with E-state index in [-0.39, 0.29) is 23.4 Å². The lowest BCUT2D eigenvalue weighted by Crippen LogP contribution is -2.30. The van der Waals surface area contributed by atoms with Crippen molar-refractivity contribution in [1.29, 1.82) is 0 Å². The molecular weight excluding hydrogens is 446 g/mol. The van der Waals surface area contributed by atoms with Gasteiger partial charge in [-0.3, -0.25) is 9.52 Å². The molecule has 2 N–H and O–H groups in total. The van der Waals surface area contributed by atoms with Crippen LogP contribution >= 0.6 is 0 Å². The molecule has 0 bridgehead atoms. The standard InChI is InChI=1S/C25H32F2N2O3S/c1-14-10-16(8-9-21(14)29-33(7,31)32)15(2)28-23(30)18-13-25(18,6)17-11-19(26)22(20(27)12-17)24(3,4)5/h8-12,15,18,29H,13H2,1-7H3,(H,28,30)/t15-,18?,25?/m1/s1. The molecule has 1 aliphatic rings. The number of anilines is 1. The van der Waals surface area contributed by atoms with Gasteiger partial charge in [0, 0.05) is 16.9 Å². The summed E-state index contributed by atoms with van der Waals surface area (Å²) in [5, 5.41) is 2.98. The van der Waals surface area contributed by atoms with Crippen LogP contribution in [-0.4, -0.2) is 20.6 Å². The number of benzene rings is 2. The number of nitrogens with one attached hydrogen (secondary N) is 2. The number of hydrogen-bond acceptors (Lipinski definition) is 3. The number of rotatable bonds is 6. The van der Waals surface area contributed by atoms with Gasteiger partial charge in [0.25, 0.3) is 0 Å². The summed E-state index contributed by atoms with van der Waals surface area (Å²) in [6.45, 7) is 10.8. The van der Waals surface area contributed by atoms with Crippen LogP contribution in [0.4, 0.5) is 14.5 Å². The van der Waals surface area contributed by atoms with Crippen LogP contribution < -0.4 is 10.0 Å². The molecule has 5 nitrogen and oxygen atoms in total. The van der Waals surface area contributed by atoms with Gasteiger partial charge in [0.05, 0.1) is 18.0 Å². The lowest BCUT2D eigenvalue weighted by Gasteiger charge is -2.23. The minimum Gasteiger partial charge on any atom is -0.349 e. The van der Waals surface area contributed by atoms with E-state index in [1.165, 1.54) is 12.1 Å². The first-order chi connectivity index (χ1) is 15.0. The number of amides is 1. The summed E-state index contributed by atoms with van der Waals surface area (Å²) < 4.78 is 54.8. The molecule has 2 aromatic carbocycles. The van der Waals surface area contributed by atoms with Crippen molar-refractivity contribution in [2.45, 2.75) is 64.8 Å². The summed E-state index contributed by atoms with van der Waals surface area (Å²) in [7, 11) is -3.38. The molecule has 1 fully saturated rings. The Hall–Kier alpha value is -2.48. The first-order valence-electron chi connectivity index (χ1n) is 10.9. The van der Waals surface area contributed by atoms with Gasteiger partial charge in [-0.15, -0.1) is 0 Å². The van der Waals surface area contributed by atoms with Gasteiger partial charge >= 0.3 is 0 Å². The molecule has 0 aromatic heterocycles. The Kier molecular flexibility index (Phi) is 6.39. The van der Waals surface area contributed by atoms with Crippen molar-refractivity contribution >= 4 is 21.6 Å². The van der Waals surface area contributed by atoms with E-state index in [0.717, 1.165) is 17.4 Å². The highest BCUT2D eigenvalue weighted by molar-refractivity contribution is 7.92. The second-order valence-electron chi connectivity index (χ2n) is 10.4. The van der Waals surface area contributed by atoms with Crippen LogP contribution in [0, 0.1) is 24.5 Å². The van der Waals surface area contributed by atoms with Crippen molar-refractivity contribution in [1.82, 2.24) is 5.32 Å². The number of hydrogen-bond donors (Lipinski definition) is 2. The first kappa shape index (κ1) is 25.1. The van der Waals surface area contributed by atoms with Crippen molar-refractivity contribution in [3.8, 4) is 0 Å². The van der Waals surface area contributed by atoms with Crippen molar-refractivity contribution in [2.75, 3.05) is 11.0 Å². The maximum atomic E-state index is 14.7. The van der Waals surface area contributed by atoms with Gasteiger partial charge < -0.3 is 5.32 Å². The Morgan fingerprint density at radius 2 is 1.73 bits per heavy atom. The van der Waals surface area contributed by atoms with Crippen molar-refractivity contribution in [2.24, 2.45) is 5.92 Å². The molecule has 1 aliphatic carbocycles. The molecule has 1 saturated carbocycles. The van der Waals surface area contributed by atoms with E-state index in [4.69, 9.17) is 0 Å². The van der Waals surface area contributed by atoms with E-state index in [1.807, 2.05) is 19.9 Å². The molecule has 3 atom stereocenters. The number of aryl methyl sites for hydroxylation is 1. The van der Waals surface area contributed by atoms with E-state index < -0.39 is 32.5 Å². The number of halogens is 2. The molecule has 1 amide bonds. The van der Waals surface area contributed by atoms with Gasteiger partial charge in [-0.25, -0.2) is 17.2 Å². The fraction of sp³-hybridized carbons (Fsp3) is 0.480. The Morgan fingerprint density at radius 1 is 1.15 bits per heavy atom. The predicted molar refractivity (Wildman–Crippen MR) is 127 cm³/mol. The van der Waals surface area contributed by atoms with Gasteiger partial charge in [-0.1, -0.05) is 39.8 Å². The lowest BCUT2D eigenvalue weighted by molar-refractivity contribution is -0.123. The minimum absolute atomic E-state index is 0.0503. The van der Waals surface area contributed by atoms with E-state index in [2.05, 4.69) is 10.0 Å². The topological polar surface area (TPSA) is 75.3 Å². The predicted octanol–water partition coefficient (Wildman–Crippen LogP) is 5.10. The molecule has 2 aromatic rings. The number of sulfonamides is 1. The Labute approximate surface area is 195 Å². The summed E-state index contributed by atoms with van der Waals surface area (Å²) in [4.78, 5) is 12.9. The zero-order valence-electron chi connectivity index (χ0n) is 20.1. The van der Waals surface area contributed by atoms with Crippen LogP contribution in [0.25, 0.3) is 0 Å². The van der Waals surface area contributed by atoms with Gasteiger partial charge in [-0.2, -0.15) is 0 Å². The second-order valence-corrected chi connectivity index (χ2v) is 12.2. The monoisotopic (exact) mass is 478 g/mol. The molecule has 0 spiro atoms. The number of carbonyl (C=O) groups excluding carboxylic acids is 1. The largest absolute Gasteiger partial charge is 0.349 e. The van der Waals surface area contributed by atoms with Gasteiger partial charge in [0.15, 0.2) is 0 Å². The summed E-state index contributed by atoms with van der Waals surface area (Å²) in [5.41, 5.74) is 1.31. The molecule has 0 saturated heterocycles. The summed E-state index contributed by atoms with van der Waals surface area (Å²) in [6.07, 6.45) is 1.60. The Bertz CT molecular complexity index is 1180. The summed E-state index contributed by atoms with van der Waals surface area (Å²) in [5.74, 6) is -1.74. The molecule has 180 valence electrons. The van der Waals surface area contributed by atoms with Crippen molar-refractivity contribution in [3.63, 3.8) is 0 Å². The average molecular weight is 479 g/mol. The van der Waals surface area contributed by atoms with Crippen molar-refractivity contribution < 1.29 is 22.0 Å². The van der Waals surface area contributed by atoms with Crippen LogP contribution in [0.1, 0.15) is 69.3 Å². The zero-order chi connectivity index (χ0) is 24.9. The average Bonchev–Trinajstić information content (AvgIpc) is 3.34. The second kappa shape index (κ2) is 8.38. The normalized spacial score (nSPS) is 21.4. The van der Waals surface area contributed by atoms with E-state index >= 15 is 0 Å². The van der Waals surface area contributed by atoms with E-state index in [9.17, 15) is 22.0 Å². The fourth-order valence-electron chi connectivity index (χ4n) is 4.35. The Balaban J connectivity index is 1.73.